The summed E-state index contributed by atoms with van der Waals surface area (Å²) in [7, 11) is 0. The minimum Gasteiger partial charge on any atom is -0.316 e. The van der Waals surface area contributed by atoms with E-state index < -0.39 is 0 Å². The molecule has 0 aromatic rings. The molecule has 0 radical (unpaired) electrons. The van der Waals surface area contributed by atoms with Crippen molar-refractivity contribution >= 4 is 0 Å². The molecule has 2 heterocycles. The third kappa shape index (κ3) is 6.38. The normalized spacial score (nSPS) is 31.8. The molecule has 0 spiro atoms. The molecule has 0 saturated carbocycles. The molecule has 0 aromatic heterocycles. The van der Waals surface area contributed by atoms with Gasteiger partial charge in [-0.15, -0.1) is 0 Å². The van der Waals surface area contributed by atoms with Crippen LogP contribution in [0.25, 0.3) is 0 Å². The molecule has 4 unspecified atom stereocenters. The van der Waals surface area contributed by atoms with E-state index in [2.05, 4.69) is 66.0 Å². The Kier molecular flexibility index (Phi) is 9.15. The second kappa shape index (κ2) is 10.0. The van der Waals surface area contributed by atoms with E-state index in [1.54, 1.807) is 0 Å². The predicted octanol–water partition coefficient (Wildman–Crippen LogP) is 4.66. The van der Waals surface area contributed by atoms with Crippen LogP contribution >= 0.6 is 0 Å². The van der Waals surface area contributed by atoms with Crippen molar-refractivity contribution in [2.75, 3.05) is 26.2 Å². The second-order valence-electron chi connectivity index (χ2n) is 9.28. The summed E-state index contributed by atoms with van der Waals surface area (Å²) in [5.74, 6) is 7.06. The van der Waals surface area contributed by atoms with Gasteiger partial charge in [-0.25, -0.2) is 0 Å². The molecule has 2 N–H and O–H groups in total. The molecule has 2 nitrogen and oxygen atoms in total. The molecule has 2 heteroatoms. The van der Waals surface area contributed by atoms with Gasteiger partial charge in [0.25, 0.3) is 0 Å². The van der Waals surface area contributed by atoms with Gasteiger partial charge in [0, 0.05) is 0 Å². The van der Waals surface area contributed by atoms with Crippen molar-refractivity contribution in [2.45, 2.75) is 61.8 Å². The maximum Gasteiger partial charge on any atom is -0.00147 e. The van der Waals surface area contributed by atoms with Crippen LogP contribution in [0.5, 0.6) is 0 Å². The second-order valence-corrected chi connectivity index (χ2v) is 9.28. The van der Waals surface area contributed by atoms with E-state index in [4.69, 9.17) is 0 Å². The first kappa shape index (κ1) is 21.0. The lowest BCUT2D eigenvalue weighted by Crippen LogP contribution is -2.41. The van der Waals surface area contributed by atoms with E-state index in [0.717, 1.165) is 47.3 Å². The first-order chi connectivity index (χ1) is 10.8. The molecule has 23 heavy (non-hydrogen) atoms. The topological polar surface area (TPSA) is 24.1 Å². The fourth-order valence-electron chi connectivity index (χ4n) is 4.64. The van der Waals surface area contributed by atoms with Gasteiger partial charge >= 0.3 is 0 Å². The molecule has 0 bridgehead atoms. The summed E-state index contributed by atoms with van der Waals surface area (Å²) < 4.78 is 0. The van der Waals surface area contributed by atoms with E-state index >= 15 is 0 Å². The lowest BCUT2D eigenvalue weighted by Gasteiger charge is -2.37. The Labute approximate surface area is 146 Å². The average molecular weight is 325 g/mol. The van der Waals surface area contributed by atoms with Crippen LogP contribution < -0.4 is 10.6 Å². The monoisotopic (exact) mass is 324 g/mol. The van der Waals surface area contributed by atoms with E-state index in [9.17, 15) is 0 Å². The molecule has 2 saturated heterocycles. The maximum absolute atomic E-state index is 3.50. The Morgan fingerprint density at radius 1 is 0.522 bits per heavy atom. The smallest absolute Gasteiger partial charge is 0.00147 e. The third-order valence-electron chi connectivity index (χ3n) is 6.32. The Bertz CT molecular complexity index is 279. The number of nitrogens with one attached hydrogen (secondary N) is 2. The third-order valence-corrected chi connectivity index (χ3v) is 6.32. The Balaban J connectivity index is 0.000000231. The van der Waals surface area contributed by atoms with Crippen LogP contribution in [0.2, 0.25) is 0 Å². The summed E-state index contributed by atoms with van der Waals surface area (Å²) in [4.78, 5) is 0. The standard InChI is InChI=1S/C11H23N.C10H21N/c1-8(2)10-5-6-12-7-11(10)9(3)4;1-7(2)9-5-11-6-10(9)8(3)4/h8-12H,5-7H2,1-4H3;7-11H,5-6H2,1-4H3. The van der Waals surface area contributed by atoms with E-state index in [1.807, 2.05) is 0 Å². The summed E-state index contributed by atoms with van der Waals surface area (Å²) in [5.41, 5.74) is 0. The minimum atomic E-state index is 0.838. The zero-order valence-corrected chi connectivity index (χ0v) is 17.2. The molecule has 0 aromatic carbocycles. The van der Waals surface area contributed by atoms with Crippen molar-refractivity contribution in [1.29, 1.82) is 0 Å². The zero-order valence-electron chi connectivity index (χ0n) is 17.2. The largest absolute Gasteiger partial charge is 0.316 e. The fourth-order valence-corrected chi connectivity index (χ4v) is 4.64. The van der Waals surface area contributed by atoms with Crippen molar-refractivity contribution in [3.8, 4) is 0 Å². The first-order valence-electron chi connectivity index (χ1n) is 10.2. The summed E-state index contributed by atoms with van der Waals surface area (Å²) in [6.07, 6.45) is 1.38. The van der Waals surface area contributed by atoms with E-state index in [1.165, 1.54) is 32.6 Å². The minimum absolute atomic E-state index is 0.838. The van der Waals surface area contributed by atoms with E-state index in [0.29, 0.717) is 0 Å². The molecule has 138 valence electrons. The van der Waals surface area contributed by atoms with Gasteiger partial charge in [-0.3, -0.25) is 0 Å². The van der Waals surface area contributed by atoms with Gasteiger partial charge < -0.3 is 10.6 Å². The summed E-state index contributed by atoms with van der Waals surface area (Å²) in [6, 6.07) is 0. The van der Waals surface area contributed by atoms with Gasteiger partial charge in [-0.1, -0.05) is 55.4 Å². The molecule has 2 aliphatic rings. The summed E-state index contributed by atoms with van der Waals surface area (Å²) >= 11 is 0. The highest BCUT2D eigenvalue weighted by molar-refractivity contribution is 4.84. The van der Waals surface area contributed by atoms with Crippen LogP contribution in [0.4, 0.5) is 0 Å². The van der Waals surface area contributed by atoms with Crippen molar-refractivity contribution in [3.05, 3.63) is 0 Å². The van der Waals surface area contributed by atoms with Crippen LogP contribution in [-0.2, 0) is 0 Å². The number of rotatable bonds is 4. The molecule has 2 rings (SSSR count). The van der Waals surface area contributed by atoms with Gasteiger partial charge in [-0.05, 0) is 79.9 Å². The van der Waals surface area contributed by atoms with Crippen molar-refractivity contribution in [1.82, 2.24) is 10.6 Å². The summed E-state index contributed by atoms with van der Waals surface area (Å²) in [5, 5.41) is 6.99. The number of piperidine rings is 1. The van der Waals surface area contributed by atoms with Gasteiger partial charge in [0.2, 0.25) is 0 Å². The maximum atomic E-state index is 3.50. The summed E-state index contributed by atoms with van der Waals surface area (Å²) in [6.45, 7) is 23.7. The lowest BCUT2D eigenvalue weighted by molar-refractivity contribution is 0.150. The zero-order chi connectivity index (χ0) is 17.6. The molecule has 4 atom stereocenters. The van der Waals surface area contributed by atoms with Gasteiger partial charge in [0.1, 0.15) is 0 Å². The molecule has 2 aliphatic heterocycles. The van der Waals surface area contributed by atoms with Gasteiger partial charge in [-0.2, -0.15) is 0 Å². The van der Waals surface area contributed by atoms with Crippen molar-refractivity contribution < 1.29 is 0 Å². The van der Waals surface area contributed by atoms with Gasteiger partial charge in [0.05, 0.1) is 0 Å². The SMILES string of the molecule is CC(C)C1CCNCC1C(C)C.CC(C)C1CNCC1C(C)C. The highest BCUT2D eigenvalue weighted by Gasteiger charge is 2.31. The molecule has 2 fully saturated rings. The molecule has 0 amide bonds. The Morgan fingerprint density at radius 2 is 0.870 bits per heavy atom. The fraction of sp³-hybridized carbons (Fsp3) is 1.00. The van der Waals surface area contributed by atoms with Crippen LogP contribution in [0.1, 0.15) is 61.8 Å². The first-order valence-corrected chi connectivity index (χ1v) is 10.2. The highest BCUT2D eigenvalue weighted by atomic mass is 14.9. The van der Waals surface area contributed by atoms with Crippen molar-refractivity contribution in [2.24, 2.45) is 47.3 Å². The number of hydrogen-bond donors (Lipinski definition) is 2. The van der Waals surface area contributed by atoms with Gasteiger partial charge in [0.15, 0.2) is 0 Å². The lowest BCUT2D eigenvalue weighted by atomic mass is 9.74. The van der Waals surface area contributed by atoms with Crippen LogP contribution in [0, 0.1) is 47.3 Å². The Hall–Kier alpha value is -0.0800. The predicted molar refractivity (Wildman–Crippen MR) is 104 cm³/mol. The quantitative estimate of drug-likeness (QED) is 0.786. The van der Waals surface area contributed by atoms with Crippen LogP contribution in [0.3, 0.4) is 0 Å². The number of hydrogen-bond acceptors (Lipinski definition) is 2. The molecular formula is C21H44N2. The van der Waals surface area contributed by atoms with Crippen molar-refractivity contribution in [3.63, 3.8) is 0 Å². The highest BCUT2D eigenvalue weighted by Crippen LogP contribution is 2.31. The Morgan fingerprint density at radius 3 is 1.22 bits per heavy atom. The average Bonchev–Trinajstić information content (AvgIpc) is 2.97. The van der Waals surface area contributed by atoms with Crippen LogP contribution in [-0.4, -0.2) is 26.2 Å². The van der Waals surface area contributed by atoms with Crippen LogP contribution in [0.15, 0.2) is 0 Å². The molecular weight excluding hydrogens is 280 g/mol. The molecule has 0 aliphatic carbocycles. The van der Waals surface area contributed by atoms with E-state index in [-0.39, 0.29) is 0 Å².